The fourth-order valence-electron chi connectivity index (χ4n) is 6.10. The molecule has 8 nitrogen and oxygen atoms in total. The average Bonchev–Trinajstić information content (AvgIpc) is 3.42. The van der Waals surface area contributed by atoms with Gasteiger partial charge in [-0.25, -0.2) is 0 Å². The van der Waals surface area contributed by atoms with E-state index in [2.05, 4.69) is 11.9 Å². The Balaban J connectivity index is 1.43. The molecule has 6 rings (SSSR count). The van der Waals surface area contributed by atoms with Crippen LogP contribution in [0.15, 0.2) is 79.4 Å². The number of ketones is 1. The summed E-state index contributed by atoms with van der Waals surface area (Å²) in [5.41, 5.74) is 22.6. The third kappa shape index (κ3) is 4.33. The summed E-state index contributed by atoms with van der Waals surface area (Å²) in [4.78, 5) is 42.0. The molecule has 4 aromatic rings. The molecule has 0 bridgehead atoms. The number of carbonyl (C=O) groups excluding carboxylic acids is 3. The van der Waals surface area contributed by atoms with Crippen molar-refractivity contribution in [1.29, 1.82) is 0 Å². The molecule has 1 aliphatic carbocycles. The Morgan fingerprint density at radius 3 is 2.59 bits per heavy atom. The first-order chi connectivity index (χ1) is 19.7. The van der Waals surface area contributed by atoms with E-state index in [0.717, 1.165) is 24.0 Å². The molecule has 3 unspecified atom stereocenters. The number of nitrogen functional groups attached to an aromatic ring is 1. The van der Waals surface area contributed by atoms with Gasteiger partial charge in [0.25, 0.3) is 5.91 Å². The smallest absolute Gasteiger partial charge is 0.262 e. The van der Waals surface area contributed by atoms with Gasteiger partial charge in [0.05, 0.1) is 15.6 Å². The van der Waals surface area contributed by atoms with Crippen molar-refractivity contribution >= 4 is 44.7 Å². The van der Waals surface area contributed by atoms with E-state index in [-0.39, 0.29) is 17.9 Å². The van der Waals surface area contributed by atoms with Gasteiger partial charge in [0.1, 0.15) is 5.54 Å². The molecule has 3 aromatic carbocycles. The van der Waals surface area contributed by atoms with E-state index >= 15 is 0 Å². The van der Waals surface area contributed by atoms with Crippen LogP contribution in [-0.4, -0.2) is 41.6 Å². The number of hydrogen-bond acceptors (Lipinski definition) is 7. The maximum Gasteiger partial charge on any atom is 0.262 e. The molecule has 2 amide bonds. The van der Waals surface area contributed by atoms with Crippen LogP contribution in [0, 0.1) is 0 Å². The number of nitrogens with two attached hydrogens (primary N) is 3. The predicted octanol–water partition coefficient (Wildman–Crippen LogP) is 3.84. The number of carbonyl (C=O) groups is 3. The maximum absolute atomic E-state index is 14.1. The molecule has 0 radical (unpaired) electrons. The normalized spacial score (nSPS) is 22.0. The van der Waals surface area contributed by atoms with Crippen LogP contribution >= 0.6 is 11.3 Å². The lowest BCUT2D eigenvalue weighted by atomic mass is 9.70. The third-order valence-electron chi connectivity index (χ3n) is 8.19. The van der Waals surface area contributed by atoms with E-state index < -0.39 is 17.4 Å². The Morgan fingerprint density at radius 2 is 1.83 bits per heavy atom. The van der Waals surface area contributed by atoms with E-state index in [1.807, 2.05) is 54.6 Å². The van der Waals surface area contributed by atoms with Crippen molar-refractivity contribution in [2.75, 3.05) is 18.8 Å². The van der Waals surface area contributed by atoms with Crippen molar-refractivity contribution in [2.45, 2.75) is 30.5 Å². The van der Waals surface area contributed by atoms with E-state index in [0.29, 0.717) is 50.4 Å². The summed E-state index contributed by atoms with van der Waals surface area (Å²) in [6.45, 7) is 4.57. The molecule has 7 N–H and O–H groups in total. The van der Waals surface area contributed by atoms with Crippen LogP contribution in [0.25, 0.3) is 21.2 Å². The predicted molar refractivity (Wildman–Crippen MR) is 162 cm³/mol. The van der Waals surface area contributed by atoms with Gasteiger partial charge < -0.3 is 27.4 Å². The quantitative estimate of drug-likeness (QED) is 0.214. The number of nitrogens with zero attached hydrogens (tertiary/aromatic N) is 1. The molecule has 9 heteroatoms. The number of benzene rings is 3. The number of nitrogens with one attached hydrogen (secondary N) is 1. The molecule has 1 fully saturated rings. The van der Waals surface area contributed by atoms with Crippen molar-refractivity contribution in [2.24, 2.45) is 11.5 Å². The summed E-state index contributed by atoms with van der Waals surface area (Å²) in [6, 6.07) is 19.6. The van der Waals surface area contributed by atoms with Crippen LogP contribution in [0.4, 0.5) is 5.69 Å². The first kappa shape index (κ1) is 26.9. The number of piperidine rings is 1. The Bertz CT molecular complexity index is 1720. The summed E-state index contributed by atoms with van der Waals surface area (Å²) in [7, 11) is 0. The Morgan fingerprint density at radius 1 is 1.07 bits per heavy atom. The first-order valence-electron chi connectivity index (χ1n) is 13.6. The van der Waals surface area contributed by atoms with Crippen LogP contribution in [0.2, 0.25) is 0 Å². The monoisotopic (exact) mass is 565 g/mol. The molecule has 3 atom stereocenters. The van der Waals surface area contributed by atoms with Gasteiger partial charge >= 0.3 is 0 Å². The van der Waals surface area contributed by atoms with Gasteiger partial charge in [0.15, 0.2) is 5.78 Å². The standard InChI is InChI=1S/C32H31N5O3S/c1-2-24(38)37-15-7-12-21(17-37)36-31(40)29-26-25-22(13-14-23(33)28(25)41-29)32(35,30(39)27(26)34)20-11-6-10-19(16-20)18-8-4-3-5-9-18/h2-6,8-11,13-14,16,21,27H,1,7,12,15,17,33-35H2,(H,36,40). The molecule has 2 aliphatic rings. The highest BCUT2D eigenvalue weighted by molar-refractivity contribution is 7.21. The minimum absolute atomic E-state index is 0.165. The van der Waals surface area contributed by atoms with Gasteiger partial charge in [-0.1, -0.05) is 61.2 Å². The fraction of sp³-hybridized carbons (Fsp3) is 0.219. The van der Waals surface area contributed by atoms with Crippen molar-refractivity contribution in [3.8, 4) is 11.1 Å². The number of likely N-dealkylation sites (tertiary alicyclic amines) is 1. The third-order valence-corrected chi connectivity index (χ3v) is 9.44. The second-order valence-electron chi connectivity index (χ2n) is 10.6. The van der Waals surface area contributed by atoms with Crippen LogP contribution in [0.1, 0.15) is 45.2 Å². The van der Waals surface area contributed by atoms with E-state index in [1.165, 1.54) is 17.4 Å². The number of Topliss-reactive ketones (excluding diaryl/α,β-unsaturated/α-hetero) is 1. The van der Waals surface area contributed by atoms with Gasteiger partial charge in [0, 0.05) is 35.8 Å². The summed E-state index contributed by atoms with van der Waals surface area (Å²) in [6.07, 6.45) is 2.77. The van der Waals surface area contributed by atoms with Crippen molar-refractivity contribution in [3.05, 3.63) is 101 Å². The zero-order chi connectivity index (χ0) is 28.9. The van der Waals surface area contributed by atoms with Gasteiger partial charge in [-0.05, 0) is 53.3 Å². The van der Waals surface area contributed by atoms with Crippen LogP contribution in [0.5, 0.6) is 0 Å². The van der Waals surface area contributed by atoms with Crippen LogP contribution in [-0.2, 0) is 15.1 Å². The van der Waals surface area contributed by atoms with E-state index in [9.17, 15) is 14.4 Å². The summed E-state index contributed by atoms with van der Waals surface area (Å²) >= 11 is 1.22. The fourth-order valence-corrected chi connectivity index (χ4v) is 7.30. The Labute approximate surface area is 241 Å². The van der Waals surface area contributed by atoms with Crippen molar-refractivity contribution in [3.63, 3.8) is 0 Å². The molecule has 0 spiro atoms. The highest BCUT2D eigenvalue weighted by Crippen LogP contribution is 2.49. The zero-order valence-electron chi connectivity index (χ0n) is 22.4. The lowest BCUT2D eigenvalue weighted by Crippen LogP contribution is -2.53. The van der Waals surface area contributed by atoms with Gasteiger partial charge in [-0.15, -0.1) is 11.3 Å². The topological polar surface area (TPSA) is 145 Å². The number of anilines is 1. The maximum atomic E-state index is 14.1. The zero-order valence-corrected chi connectivity index (χ0v) is 23.2. The van der Waals surface area contributed by atoms with Crippen LogP contribution in [0.3, 0.4) is 0 Å². The summed E-state index contributed by atoms with van der Waals surface area (Å²) < 4.78 is 0.673. The molecular weight excluding hydrogens is 534 g/mol. The number of hydrogen-bond donors (Lipinski definition) is 4. The lowest BCUT2D eigenvalue weighted by Gasteiger charge is -2.37. The Hall–Kier alpha value is -4.31. The minimum Gasteiger partial charge on any atom is -0.398 e. The van der Waals surface area contributed by atoms with Gasteiger partial charge in [-0.2, -0.15) is 0 Å². The van der Waals surface area contributed by atoms with Gasteiger partial charge in [0.2, 0.25) is 5.91 Å². The van der Waals surface area contributed by atoms with Gasteiger partial charge in [-0.3, -0.25) is 14.4 Å². The second kappa shape index (κ2) is 10.3. The minimum atomic E-state index is -1.53. The molecule has 1 aromatic heterocycles. The molecule has 2 heterocycles. The highest BCUT2D eigenvalue weighted by Gasteiger charge is 2.49. The largest absolute Gasteiger partial charge is 0.398 e. The van der Waals surface area contributed by atoms with Crippen molar-refractivity contribution < 1.29 is 14.4 Å². The molecule has 1 aliphatic heterocycles. The first-order valence-corrected chi connectivity index (χ1v) is 14.4. The van der Waals surface area contributed by atoms with E-state index in [4.69, 9.17) is 17.2 Å². The molecule has 41 heavy (non-hydrogen) atoms. The SMILES string of the molecule is C=CC(=O)N1CCCC(NC(=O)c2sc3c(N)ccc4c3c2C(N)C(=O)C4(N)c2cccc(-c3ccccc3)c2)C1. The second-order valence-corrected chi connectivity index (χ2v) is 11.7. The number of amides is 2. The van der Waals surface area contributed by atoms with Crippen molar-refractivity contribution in [1.82, 2.24) is 10.2 Å². The van der Waals surface area contributed by atoms with E-state index in [1.54, 1.807) is 17.0 Å². The number of thiophene rings is 1. The Kier molecular flexibility index (Phi) is 6.73. The summed E-state index contributed by atoms with van der Waals surface area (Å²) in [5.74, 6) is -0.904. The lowest BCUT2D eigenvalue weighted by molar-refractivity contribution is -0.127. The molecule has 0 saturated carbocycles. The average molecular weight is 566 g/mol. The molecule has 208 valence electrons. The molecule has 1 saturated heterocycles. The van der Waals surface area contributed by atoms with Crippen LogP contribution < -0.4 is 22.5 Å². The molecular formula is C32H31N5O3S. The summed E-state index contributed by atoms with van der Waals surface area (Å²) in [5, 5.41) is 3.72. The number of rotatable bonds is 5. The highest BCUT2D eigenvalue weighted by atomic mass is 32.1.